The zero-order chi connectivity index (χ0) is 23.1. The summed E-state index contributed by atoms with van der Waals surface area (Å²) in [5.41, 5.74) is 1.33. The second-order valence-corrected chi connectivity index (χ2v) is 7.08. The molecule has 0 saturated heterocycles. The SMILES string of the molecule is COc1ccc(OC)c([C@@H]2c3c(-c4cccc([N+](=O)[O-])c4)n[nH]c(=O)c3Nc3nnnn32)c1. The number of non-ortho nitro benzene ring substituents is 1. The van der Waals surface area contributed by atoms with Gasteiger partial charge >= 0.3 is 0 Å². The molecule has 0 bridgehead atoms. The molecule has 2 aromatic heterocycles. The van der Waals surface area contributed by atoms with Crippen molar-refractivity contribution in [3.05, 3.63) is 74.1 Å². The van der Waals surface area contributed by atoms with Crippen LogP contribution in [0.4, 0.5) is 17.3 Å². The number of aromatic nitrogens is 6. The fourth-order valence-electron chi connectivity index (χ4n) is 3.86. The number of nitrogens with zero attached hydrogens (tertiary/aromatic N) is 6. The highest BCUT2D eigenvalue weighted by Crippen LogP contribution is 2.44. The molecular formula is C20H16N8O5. The Morgan fingerprint density at radius 3 is 2.76 bits per heavy atom. The van der Waals surface area contributed by atoms with Crippen molar-refractivity contribution in [3.8, 4) is 22.8 Å². The van der Waals surface area contributed by atoms with Crippen LogP contribution in [0.2, 0.25) is 0 Å². The van der Waals surface area contributed by atoms with E-state index >= 15 is 0 Å². The smallest absolute Gasteiger partial charge is 0.288 e. The highest BCUT2D eigenvalue weighted by molar-refractivity contribution is 5.76. The van der Waals surface area contributed by atoms with Crippen molar-refractivity contribution in [2.45, 2.75) is 6.04 Å². The first-order chi connectivity index (χ1) is 16.0. The molecule has 33 heavy (non-hydrogen) atoms. The van der Waals surface area contributed by atoms with Gasteiger partial charge in [-0.05, 0) is 28.6 Å². The number of tetrazole rings is 1. The molecule has 4 aromatic rings. The molecule has 13 nitrogen and oxygen atoms in total. The highest BCUT2D eigenvalue weighted by atomic mass is 16.6. The maximum atomic E-state index is 12.8. The summed E-state index contributed by atoms with van der Waals surface area (Å²) in [6.45, 7) is 0. The fourth-order valence-corrected chi connectivity index (χ4v) is 3.86. The average molecular weight is 448 g/mol. The van der Waals surface area contributed by atoms with E-state index in [9.17, 15) is 14.9 Å². The first-order valence-electron chi connectivity index (χ1n) is 9.66. The molecule has 2 aromatic carbocycles. The molecule has 2 N–H and O–H groups in total. The van der Waals surface area contributed by atoms with Gasteiger partial charge in [0.1, 0.15) is 23.2 Å². The number of aromatic amines is 1. The van der Waals surface area contributed by atoms with Gasteiger partial charge in [0.05, 0.1) is 24.8 Å². The molecule has 1 atom stereocenters. The third-order valence-electron chi connectivity index (χ3n) is 5.33. The Balaban J connectivity index is 1.84. The van der Waals surface area contributed by atoms with Gasteiger partial charge in [0.2, 0.25) is 5.95 Å². The van der Waals surface area contributed by atoms with Gasteiger partial charge in [0.25, 0.3) is 11.2 Å². The standard InChI is InChI=1S/C20H16N8O5/c1-32-12-6-7-14(33-2)13(9-12)18-15-16(10-4-3-5-11(8-10)28(30)31)22-23-19(29)17(15)21-20-24-25-26-27(18)20/h3-9,18H,1-2H3,(H,23,29)(H,21,24,26)/t18-/m1/s1. The van der Waals surface area contributed by atoms with Gasteiger partial charge in [-0.1, -0.05) is 17.2 Å². The minimum Gasteiger partial charge on any atom is -0.497 e. The Kier molecular flexibility index (Phi) is 4.70. The number of anilines is 2. The monoisotopic (exact) mass is 448 g/mol. The topological polar surface area (TPSA) is 163 Å². The number of methoxy groups -OCH3 is 2. The van der Waals surface area contributed by atoms with E-state index in [1.54, 1.807) is 30.3 Å². The van der Waals surface area contributed by atoms with Crippen LogP contribution in [-0.4, -0.2) is 49.5 Å². The van der Waals surface area contributed by atoms with Gasteiger partial charge in [0, 0.05) is 28.8 Å². The lowest BCUT2D eigenvalue weighted by molar-refractivity contribution is -0.384. The van der Waals surface area contributed by atoms with Crippen LogP contribution in [0.3, 0.4) is 0 Å². The number of ether oxygens (including phenoxy) is 2. The van der Waals surface area contributed by atoms with Gasteiger partial charge in [-0.3, -0.25) is 14.9 Å². The van der Waals surface area contributed by atoms with Crippen molar-refractivity contribution < 1.29 is 14.4 Å². The maximum absolute atomic E-state index is 12.8. The summed E-state index contributed by atoms with van der Waals surface area (Å²) >= 11 is 0. The largest absolute Gasteiger partial charge is 0.497 e. The number of rotatable bonds is 5. The van der Waals surface area contributed by atoms with E-state index in [2.05, 4.69) is 31.0 Å². The van der Waals surface area contributed by atoms with Crippen molar-refractivity contribution >= 4 is 17.3 Å². The molecule has 0 fully saturated rings. The zero-order valence-corrected chi connectivity index (χ0v) is 17.3. The van der Waals surface area contributed by atoms with Crippen LogP contribution >= 0.6 is 0 Å². The Labute approximate surface area is 185 Å². The first kappa shape index (κ1) is 20.1. The number of hydrogen-bond acceptors (Lipinski definition) is 10. The minimum atomic E-state index is -0.750. The van der Waals surface area contributed by atoms with Crippen molar-refractivity contribution in [1.29, 1.82) is 0 Å². The molecule has 0 aliphatic carbocycles. The van der Waals surface area contributed by atoms with Gasteiger partial charge < -0.3 is 14.8 Å². The number of nitro benzene ring substituents is 1. The van der Waals surface area contributed by atoms with Crippen LogP contribution < -0.4 is 20.3 Å². The van der Waals surface area contributed by atoms with E-state index in [0.29, 0.717) is 33.9 Å². The normalized spacial score (nSPS) is 14.1. The fraction of sp³-hybridized carbons (Fsp3) is 0.150. The van der Waals surface area contributed by atoms with Gasteiger partial charge in [-0.2, -0.15) is 9.78 Å². The average Bonchev–Trinajstić information content (AvgIpc) is 3.31. The molecule has 0 saturated carbocycles. The van der Waals surface area contributed by atoms with Crippen LogP contribution in [0.1, 0.15) is 17.2 Å². The molecule has 0 radical (unpaired) electrons. The molecule has 1 aliphatic heterocycles. The number of H-pyrrole nitrogens is 1. The summed E-state index contributed by atoms with van der Waals surface area (Å²) in [6, 6.07) is 10.5. The van der Waals surface area contributed by atoms with E-state index < -0.39 is 16.5 Å². The van der Waals surface area contributed by atoms with E-state index in [1.807, 2.05) is 0 Å². The molecule has 0 unspecified atom stereocenters. The lowest BCUT2D eigenvalue weighted by atomic mass is 9.91. The predicted octanol–water partition coefficient (Wildman–Crippen LogP) is 2.04. The highest BCUT2D eigenvalue weighted by Gasteiger charge is 2.36. The Morgan fingerprint density at radius 1 is 1.15 bits per heavy atom. The Morgan fingerprint density at radius 2 is 2.00 bits per heavy atom. The predicted molar refractivity (Wildman–Crippen MR) is 115 cm³/mol. The second-order valence-electron chi connectivity index (χ2n) is 7.08. The lowest BCUT2D eigenvalue weighted by Gasteiger charge is -2.28. The summed E-state index contributed by atoms with van der Waals surface area (Å²) in [6.07, 6.45) is 0. The quantitative estimate of drug-likeness (QED) is 0.300. The summed E-state index contributed by atoms with van der Waals surface area (Å²) in [5, 5.41) is 32.8. The molecule has 1 aliphatic rings. The van der Waals surface area contributed by atoms with Crippen molar-refractivity contribution in [1.82, 2.24) is 30.4 Å². The van der Waals surface area contributed by atoms with E-state index in [0.717, 1.165) is 0 Å². The summed E-state index contributed by atoms with van der Waals surface area (Å²) in [7, 11) is 3.05. The number of nitro groups is 1. The van der Waals surface area contributed by atoms with Gasteiger partial charge in [-0.25, -0.2) is 5.10 Å². The number of hydrogen-bond donors (Lipinski definition) is 2. The number of fused-ring (bicyclic) bond motifs is 2. The molecule has 166 valence electrons. The molecule has 13 heteroatoms. The minimum absolute atomic E-state index is 0.114. The van der Waals surface area contributed by atoms with Crippen molar-refractivity contribution in [2.75, 3.05) is 19.5 Å². The van der Waals surface area contributed by atoms with Crippen molar-refractivity contribution in [3.63, 3.8) is 0 Å². The van der Waals surface area contributed by atoms with E-state index in [-0.39, 0.29) is 17.3 Å². The second kappa shape index (κ2) is 7.71. The third-order valence-corrected chi connectivity index (χ3v) is 5.33. The summed E-state index contributed by atoms with van der Waals surface area (Å²) in [5.74, 6) is 1.29. The third kappa shape index (κ3) is 3.22. The summed E-state index contributed by atoms with van der Waals surface area (Å²) in [4.78, 5) is 23.6. The Hall–Kier alpha value is -4.81. The van der Waals surface area contributed by atoms with E-state index in [1.165, 1.54) is 31.0 Å². The number of nitrogens with one attached hydrogen (secondary N) is 2. The first-order valence-corrected chi connectivity index (χ1v) is 9.66. The van der Waals surface area contributed by atoms with Crippen LogP contribution in [0.25, 0.3) is 11.3 Å². The van der Waals surface area contributed by atoms with Crippen LogP contribution in [0.5, 0.6) is 11.5 Å². The molecule has 5 rings (SSSR count). The Bertz CT molecular complexity index is 1450. The summed E-state index contributed by atoms with van der Waals surface area (Å²) < 4.78 is 12.5. The van der Waals surface area contributed by atoms with Crippen LogP contribution in [0.15, 0.2) is 47.3 Å². The molecule has 0 amide bonds. The van der Waals surface area contributed by atoms with Crippen LogP contribution in [-0.2, 0) is 0 Å². The van der Waals surface area contributed by atoms with Gasteiger partial charge in [-0.15, -0.1) is 0 Å². The zero-order valence-electron chi connectivity index (χ0n) is 17.3. The number of benzene rings is 2. The molecule has 0 spiro atoms. The van der Waals surface area contributed by atoms with Crippen molar-refractivity contribution in [2.24, 2.45) is 0 Å². The molecule has 3 heterocycles. The molecular weight excluding hydrogens is 432 g/mol. The van der Waals surface area contributed by atoms with E-state index in [4.69, 9.17) is 9.47 Å². The maximum Gasteiger partial charge on any atom is 0.288 e. The lowest BCUT2D eigenvalue weighted by Crippen LogP contribution is -2.29. The van der Waals surface area contributed by atoms with Gasteiger partial charge in [0.15, 0.2) is 0 Å². The van der Waals surface area contributed by atoms with Crippen LogP contribution in [0, 0.1) is 10.1 Å².